The summed E-state index contributed by atoms with van der Waals surface area (Å²) in [5.41, 5.74) is 0. The summed E-state index contributed by atoms with van der Waals surface area (Å²) in [6.07, 6.45) is -3.04. The average molecular weight is 308 g/mol. The third kappa shape index (κ3) is 4.32. The number of carbonyl (C=O) groups excluding carboxylic acids is 1. The van der Waals surface area contributed by atoms with Gasteiger partial charge in [0, 0.05) is 38.6 Å². The van der Waals surface area contributed by atoms with Crippen LogP contribution in [0.15, 0.2) is 0 Å². The van der Waals surface area contributed by atoms with E-state index in [1.165, 1.54) is 0 Å². The fourth-order valence-electron chi connectivity index (χ4n) is 3.30. The van der Waals surface area contributed by atoms with E-state index in [0.717, 1.165) is 0 Å². The van der Waals surface area contributed by atoms with Crippen LogP contribution in [-0.4, -0.2) is 66.3 Å². The summed E-state index contributed by atoms with van der Waals surface area (Å²) < 4.78 is 38.4. The van der Waals surface area contributed by atoms with Gasteiger partial charge in [-0.25, -0.2) is 0 Å². The molecule has 1 saturated heterocycles. The number of aliphatic hydroxyl groups is 1. The molecule has 2 rings (SSSR count). The molecular weight excluding hydrogens is 285 g/mol. The van der Waals surface area contributed by atoms with Crippen molar-refractivity contribution in [1.29, 1.82) is 0 Å². The lowest BCUT2D eigenvalue weighted by Crippen LogP contribution is -2.51. The van der Waals surface area contributed by atoms with Crippen LogP contribution in [0.25, 0.3) is 0 Å². The zero-order valence-corrected chi connectivity index (χ0v) is 12.1. The standard InChI is InChI=1S/C14H23F3N2O2/c15-14(16,17)12-3-1-2-11(10-12)13(21)19-6-4-18(5-7-19)8-9-20/h11-12,20H,1-10H2/t11-,12-/m1/s1. The highest BCUT2D eigenvalue weighted by Gasteiger charge is 2.44. The Balaban J connectivity index is 1.86. The van der Waals surface area contributed by atoms with Crippen LogP contribution in [0.4, 0.5) is 13.2 Å². The van der Waals surface area contributed by atoms with Crippen LogP contribution in [0.5, 0.6) is 0 Å². The molecule has 0 aromatic heterocycles. The second kappa shape index (κ2) is 6.96. The highest BCUT2D eigenvalue weighted by atomic mass is 19.4. The van der Waals surface area contributed by atoms with Gasteiger partial charge in [0.25, 0.3) is 0 Å². The van der Waals surface area contributed by atoms with E-state index in [-0.39, 0.29) is 25.4 Å². The van der Waals surface area contributed by atoms with Gasteiger partial charge in [0.1, 0.15) is 0 Å². The van der Waals surface area contributed by atoms with Crippen LogP contribution in [0.2, 0.25) is 0 Å². The summed E-state index contributed by atoms with van der Waals surface area (Å²) in [7, 11) is 0. The van der Waals surface area contributed by atoms with Crippen molar-refractivity contribution in [3.05, 3.63) is 0 Å². The first-order valence-electron chi connectivity index (χ1n) is 7.60. The van der Waals surface area contributed by atoms with Gasteiger partial charge in [-0.3, -0.25) is 9.69 Å². The number of aliphatic hydroxyl groups excluding tert-OH is 1. The number of nitrogens with zero attached hydrogens (tertiary/aromatic N) is 2. The molecule has 1 saturated carbocycles. The third-order valence-electron chi connectivity index (χ3n) is 4.59. The largest absolute Gasteiger partial charge is 0.395 e. The lowest BCUT2D eigenvalue weighted by Gasteiger charge is -2.38. The molecule has 122 valence electrons. The maximum absolute atomic E-state index is 12.8. The van der Waals surface area contributed by atoms with Crippen LogP contribution in [-0.2, 0) is 4.79 Å². The van der Waals surface area contributed by atoms with Gasteiger partial charge in [0.15, 0.2) is 0 Å². The van der Waals surface area contributed by atoms with Crippen molar-refractivity contribution >= 4 is 5.91 Å². The smallest absolute Gasteiger partial charge is 0.391 e. The molecule has 0 bridgehead atoms. The Morgan fingerprint density at radius 3 is 2.38 bits per heavy atom. The molecule has 0 aromatic rings. The zero-order chi connectivity index (χ0) is 15.5. The normalized spacial score (nSPS) is 28.7. The van der Waals surface area contributed by atoms with Crippen LogP contribution in [0.3, 0.4) is 0 Å². The molecule has 2 fully saturated rings. The number of rotatable bonds is 3. The van der Waals surface area contributed by atoms with E-state index in [4.69, 9.17) is 5.11 Å². The number of β-amino-alcohol motifs (C(OH)–C–C–N with tert-alkyl or cyclic N) is 1. The molecule has 4 nitrogen and oxygen atoms in total. The van der Waals surface area contributed by atoms with Crippen molar-refractivity contribution in [1.82, 2.24) is 9.80 Å². The van der Waals surface area contributed by atoms with Crippen molar-refractivity contribution in [2.75, 3.05) is 39.3 Å². The Labute approximate surface area is 122 Å². The quantitative estimate of drug-likeness (QED) is 0.859. The van der Waals surface area contributed by atoms with Crippen LogP contribution in [0.1, 0.15) is 25.7 Å². The SMILES string of the molecule is O=C([C@@H]1CCC[C@@H](C(F)(F)F)C1)N1CCN(CCO)CC1. The number of piperazine rings is 1. The maximum Gasteiger partial charge on any atom is 0.391 e. The maximum atomic E-state index is 12.8. The van der Waals surface area contributed by atoms with E-state index in [1.54, 1.807) is 4.90 Å². The van der Waals surface area contributed by atoms with Crippen LogP contribution in [0, 0.1) is 11.8 Å². The van der Waals surface area contributed by atoms with Crippen molar-refractivity contribution in [2.24, 2.45) is 11.8 Å². The minimum atomic E-state index is -4.18. The topological polar surface area (TPSA) is 43.8 Å². The van der Waals surface area contributed by atoms with Gasteiger partial charge in [0.05, 0.1) is 12.5 Å². The fraction of sp³-hybridized carbons (Fsp3) is 0.929. The number of alkyl halides is 3. The zero-order valence-electron chi connectivity index (χ0n) is 12.1. The Morgan fingerprint density at radius 1 is 1.14 bits per heavy atom. The van der Waals surface area contributed by atoms with Gasteiger partial charge in [-0.05, 0) is 19.3 Å². The van der Waals surface area contributed by atoms with E-state index in [9.17, 15) is 18.0 Å². The summed E-state index contributed by atoms with van der Waals surface area (Å²) in [5, 5.41) is 8.87. The Kier molecular flexibility index (Phi) is 5.48. The van der Waals surface area contributed by atoms with Crippen molar-refractivity contribution < 1.29 is 23.1 Å². The molecule has 2 atom stereocenters. The molecule has 7 heteroatoms. The van der Waals surface area contributed by atoms with E-state index >= 15 is 0 Å². The summed E-state index contributed by atoms with van der Waals surface area (Å²) >= 11 is 0. The Bertz CT molecular complexity index is 355. The first-order valence-corrected chi connectivity index (χ1v) is 7.60. The molecule has 1 aliphatic heterocycles. The molecule has 0 aromatic carbocycles. The third-order valence-corrected chi connectivity index (χ3v) is 4.59. The predicted octanol–water partition coefficient (Wildman–Crippen LogP) is 1.49. The van der Waals surface area contributed by atoms with E-state index in [0.29, 0.717) is 45.6 Å². The lowest BCUT2D eigenvalue weighted by molar-refractivity contribution is -0.187. The summed E-state index contributed by atoms with van der Waals surface area (Å²) in [5.74, 6) is -1.92. The van der Waals surface area contributed by atoms with Gasteiger partial charge in [-0.2, -0.15) is 13.2 Å². The average Bonchev–Trinajstić information content (AvgIpc) is 2.47. The minimum Gasteiger partial charge on any atom is -0.395 e. The molecule has 1 heterocycles. The van der Waals surface area contributed by atoms with E-state index in [2.05, 4.69) is 4.90 Å². The van der Waals surface area contributed by atoms with Gasteiger partial charge < -0.3 is 10.0 Å². The van der Waals surface area contributed by atoms with Crippen LogP contribution >= 0.6 is 0 Å². The molecule has 21 heavy (non-hydrogen) atoms. The predicted molar refractivity (Wildman–Crippen MR) is 71.6 cm³/mol. The lowest BCUT2D eigenvalue weighted by atomic mass is 9.80. The van der Waals surface area contributed by atoms with Gasteiger partial charge >= 0.3 is 6.18 Å². The fourth-order valence-corrected chi connectivity index (χ4v) is 3.30. The number of hydrogen-bond acceptors (Lipinski definition) is 3. The molecule has 1 aliphatic carbocycles. The second-order valence-corrected chi connectivity index (χ2v) is 5.99. The van der Waals surface area contributed by atoms with Crippen molar-refractivity contribution in [3.8, 4) is 0 Å². The first kappa shape index (κ1) is 16.5. The molecule has 1 N–H and O–H groups in total. The second-order valence-electron chi connectivity index (χ2n) is 5.99. The Morgan fingerprint density at radius 2 is 1.81 bits per heavy atom. The highest BCUT2D eigenvalue weighted by molar-refractivity contribution is 5.79. The monoisotopic (exact) mass is 308 g/mol. The number of carbonyl (C=O) groups is 1. The number of hydrogen-bond donors (Lipinski definition) is 1. The minimum absolute atomic E-state index is 0.0564. The van der Waals surface area contributed by atoms with Crippen LogP contribution < -0.4 is 0 Å². The molecule has 0 unspecified atom stereocenters. The van der Waals surface area contributed by atoms with E-state index < -0.39 is 18.0 Å². The summed E-state index contributed by atoms with van der Waals surface area (Å²) in [6.45, 7) is 3.13. The van der Waals surface area contributed by atoms with Crippen molar-refractivity contribution in [2.45, 2.75) is 31.9 Å². The van der Waals surface area contributed by atoms with Gasteiger partial charge in [0.2, 0.25) is 5.91 Å². The van der Waals surface area contributed by atoms with E-state index in [1.807, 2.05) is 0 Å². The van der Waals surface area contributed by atoms with Gasteiger partial charge in [-0.15, -0.1) is 0 Å². The molecular formula is C14H23F3N2O2. The molecule has 0 radical (unpaired) electrons. The Hall–Kier alpha value is -0.820. The molecule has 0 spiro atoms. The highest BCUT2D eigenvalue weighted by Crippen LogP contribution is 2.40. The molecule has 2 aliphatic rings. The number of halogens is 3. The van der Waals surface area contributed by atoms with Gasteiger partial charge in [-0.1, -0.05) is 6.42 Å². The molecule has 1 amide bonds. The summed E-state index contributed by atoms with van der Waals surface area (Å²) in [4.78, 5) is 16.1. The number of amides is 1. The summed E-state index contributed by atoms with van der Waals surface area (Å²) in [6, 6.07) is 0. The van der Waals surface area contributed by atoms with Crippen molar-refractivity contribution in [3.63, 3.8) is 0 Å². The first-order chi connectivity index (χ1) is 9.91.